The van der Waals surface area contributed by atoms with Gasteiger partial charge in [0.15, 0.2) is 5.82 Å². The highest BCUT2D eigenvalue weighted by molar-refractivity contribution is 5.13. The van der Waals surface area contributed by atoms with Gasteiger partial charge in [0.2, 0.25) is 0 Å². The van der Waals surface area contributed by atoms with Crippen molar-refractivity contribution >= 4 is 0 Å². The van der Waals surface area contributed by atoms with Gasteiger partial charge in [0.05, 0.1) is 5.54 Å². The van der Waals surface area contributed by atoms with Crippen molar-refractivity contribution in [3.8, 4) is 0 Å². The van der Waals surface area contributed by atoms with E-state index in [9.17, 15) is 0 Å². The number of nitrogens with two attached hydrogens (primary N) is 1. The number of nitrogens with zero attached hydrogens (tertiary/aromatic N) is 3. The highest BCUT2D eigenvalue weighted by atomic mass is 15.3. The fourth-order valence-corrected chi connectivity index (χ4v) is 5.45. The molecule has 4 fully saturated rings. The monoisotopic (exact) mass is 274 g/mol. The second-order valence-corrected chi connectivity index (χ2v) is 8.10. The Kier molecular flexibility index (Phi) is 2.60. The van der Waals surface area contributed by atoms with Gasteiger partial charge in [-0.15, -0.1) is 0 Å². The summed E-state index contributed by atoms with van der Waals surface area (Å²) < 4.78 is 1.90. The van der Waals surface area contributed by atoms with Crippen LogP contribution in [0.4, 0.5) is 0 Å². The minimum atomic E-state index is -0.411. The summed E-state index contributed by atoms with van der Waals surface area (Å²) in [5.41, 5.74) is 5.81. The van der Waals surface area contributed by atoms with Gasteiger partial charge in [-0.3, -0.25) is 4.68 Å². The molecule has 5 rings (SSSR count). The highest BCUT2D eigenvalue weighted by Crippen LogP contribution is 2.59. The molecule has 0 aromatic carbocycles. The molecule has 0 radical (unpaired) electrons. The Morgan fingerprint density at radius 3 is 2.05 bits per heavy atom. The zero-order chi connectivity index (χ0) is 14.1. The summed E-state index contributed by atoms with van der Waals surface area (Å²) in [6.07, 6.45) is 7.15. The van der Waals surface area contributed by atoms with E-state index in [2.05, 4.69) is 0 Å². The molecule has 4 saturated carbocycles. The summed E-state index contributed by atoms with van der Waals surface area (Å²) in [5, 5.41) is 4.75. The quantitative estimate of drug-likeness (QED) is 0.901. The molecule has 0 aliphatic heterocycles. The molecular formula is C16H26N4. The van der Waals surface area contributed by atoms with Crippen LogP contribution in [0, 0.1) is 23.7 Å². The number of hydrogen-bond acceptors (Lipinski definition) is 3. The summed E-state index contributed by atoms with van der Waals surface area (Å²) in [7, 11) is 1.98. The Bertz CT molecular complexity index is 497. The number of aromatic nitrogens is 3. The molecule has 4 aliphatic rings. The average Bonchev–Trinajstić information content (AvgIpc) is 2.69. The first-order valence-electron chi connectivity index (χ1n) is 8.12. The highest BCUT2D eigenvalue weighted by Gasteiger charge is 2.50. The van der Waals surface area contributed by atoms with Crippen molar-refractivity contribution < 1.29 is 0 Å². The third kappa shape index (κ3) is 1.84. The number of aryl methyl sites for hydroxylation is 1. The second-order valence-electron chi connectivity index (χ2n) is 8.10. The molecule has 0 atom stereocenters. The molecule has 0 saturated heterocycles. The van der Waals surface area contributed by atoms with Crippen LogP contribution in [0.5, 0.6) is 0 Å². The third-order valence-corrected chi connectivity index (χ3v) is 5.88. The minimum absolute atomic E-state index is 0.411. The number of hydrogen-bond donors (Lipinski definition) is 1. The van der Waals surface area contributed by atoms with Crippen LogP contribution in [0.25, 0.3) is 0 Å². The van der Waals surface area contributed by atoms with Crippen LogP contribution in [0.3, 0.4) is 0 Å². The first-order valence-corrected chi connectivity index (χ1v) is 8.12. The molecule has 2 N–H and O–H groups in total. The van der Waals surface area contributed by atoms with Crippen molar-refractivity contribution in [2.24, 2.45) is 36.5 Å². The van der Waals surface area contributed by atoms with E-state index in [1.165, 1.54) is 32.1 Å². The van der Waals surface area contributed by atoms with Gasteiger partial charge in [-0.05, 0) is 69.6 Å². The summed E-state index contributed by atoms with van der Waals surface area (Å²) >= 11 is 0. The van der Waals surface area contributed by atoms with Crippen LogP contribution < -0.4 is 5.73 Å². The molecule has 1 aromatic rings. The molecule has 20 heavy (non-hydrogen) atoms. The smallest absolute Gasteiger partial charge is 0.154 e. The van der Waals surface area contributed by atoms with Gasteiger partial charge in [0.25, 0.3) is 0 Å². The zero-order valence-electron chi connectivity index (χ0n) is 12.8. The fourth-order valence-electron chi connectivity index (χ4n) is 5.45. The van der Waals surface area contributed by atoms with Crippen LogP contribution >= 0.6 is 0 Å². The van der Waals surface area contributed by atoms with E-state index in [1.54, 1.807) is 0 Å². The van der Waals surface area contributed by atoms with Crippen LogP contribution in [0.1, 0.15) is 63.5 Å². The molecular weight excluding hydrogens is 248 g/mol. The van der Waals surface area contributed by atoms with E-state index in [1.807, 2.05) is 25.6 Å². The lowest BCUT2D eigenvalue weighted by Gasteiger charge is -2.53. The van der Waals surface area contributed by atoms with Crippen molar-refractivity contribution in [1.29, 1.82) is 0 Å². The maximum atomic E-state index is 6.22. The summed E-state index contributed by atoms with van der Waals surface area (Å²) in [6.45, 7) is 4.02. The van der Waals surface area contributed by atoms with Gasteiger partial charge in [-0.25, -0.2) is 4.98 Å². The van der Waals surface area contributed by atoms with E-state index in [0.29, 0.717) is 5.92 Å². The first kappa shape index (κ1) is 12.8. The van der Waals surface area contributed by atoms with Gasteiger partial charge >= 0.3 is 0 Å². The summed E-state index contributed by atoms with van der Waals surface area (Å²) in [5.74, 6) is 6.27. The molecule has 4 nitrogen and oxygen atoms in total. The average molecular weight is 274 g/mol. The molecule has 1 heterocycles. The Labute approximate surface area is 121 Å². The normalized spacial score (nSPS) is 39.5. The predicted octanol–water partition coefficient (Wildman–Crippen LogP) is 2.55. The lowest BCUT2D eigenvalue weighted by Crippen LogP contribution is -2.44. The Balaban J connectivity index is 1.68. The SMILES string of the molecule is Cn1nc(C2C3CC4CC(C3)CC2C4)nc1C(C)(C)N. The van der Waals surface area contributed by atoms with Crippen LogP contribution in [0.15, 0.2) is 0 Å². The summed E-state index contributed by atoms with van der Waals surface area (Å²) in [4.78, 5) is 4.85. The van der Waals surface area contributed by atoms with E-state index < -0.39 is 5.54 Å². The molecule has 4 bridgehead atoms. The predicted molar refractivity (Wildman–Crippen MR) is 78.0 cm³/mol. The molecule has 1 aromatic heterocycles. The number of rotatable bonds is 2. The topological polar surface area (TPSA) is 56.7 Å². The maximum absolute atomic E-state index is 6.22. The van der Waals surface area contributed by atoms with Gasteiger partial charge in [0.1, 0.15) is 5.82 Å². The molecule has 4 aliphatic carbocycles. The van der Waals surface area contributed by atoms with Crippen LogP contribution in [0.2, 0.25) is 0 Å². The van der Waals surface area contributed by atoms with Crippen LogP contribution in [-0.2, 0) is 12.6 Å². The van der Waals surface area contributed by atoms with Gasteiger partial charge in [-0.1, -0.05) is 0 Å². The summed E-state index contributed by atoms with van der Waals surface area (Å²) in [6, 6.07) is 0. The fraction of sp³-hybridized carbons (Fsp3) is 0.875. The van der Waals surface area contributed by atoms with Crippen LogP contribution in [-0.4, -0.2) is 14.8 Å². The molecule has 0 unspecified atom stereocenters. The van der Waals surface area contributed by atoms with Gasteiger partial charge in [0, 0.05) is 13.0 Å². The van der Waals surface area contributed by atoms with Gasteiger partial charge in [-0.2, -0.15) is 5.10 Å². The van der Waals surface area contributed by atoms with Crippen molar-refractivity contribution in [3.05, 3.63) is 11.6 Å². The minimum Gasteiger partial charge on any atom is -0.319 e. The maximum Gasteiger partial charge on any atom is 0.154 e. The zero-order valence-corrected chi connectivity index (χ0v) is 12.8. The largest absolute Gasteiger partial charge is 0.319 e. The molecule has 0 amide bonds. The van der Waals surface area contributed by atoms with E-state index in [4.69, 9.17) is 15.8 Å². The molecule has 0 spiro atoms. The Morgan fingerprint density at radius 1 is 1.05 bits per heavy atom. The van der Waals surface area contributed by atoms with E-state index in [-0.39, 0.29) is 0 Å². The molecule has 4 heteroatoms. The lowest BCUT2D eigenvalue weighted by atomic mass is 9.52. The standard InChI is InChI=1S/C16H26N4/c1-16(2,17)15-18-14(19-20(15)3)13-11-5-9-4-10(7-11)8-12(13)6-9/h9-13H,4-8,17H2,1-3H3. The van der Waals surface area contributed by atoms with Gasteiger partial charge < -0.3 is 5.73 Å². The second kappa shape index (κ2) is 4.06. The Hall–Kier alpha value is -0.900. The van der Waals surface area contributed by atoms with E-state index in [0.717, 1.165) is 35.3 Å². The van der Waals surface area contributed by atoms with E-state index >= 15 is 0 Å². The third-order valence-electron chi connectivity index (χ3n) is 5.88. The van der Waals surface area contributed by atoms with Crippen molar-refractivity contribution in [2.75, 3.05) is 0 Å². The molecule has 110 valence electrons. The van der Waals surface area contributed by atoms with Crippen molar-refractivity contribution in [3.63, 3.8) is 0 Å². The first-order chi connectivity index (χ1) is 9.41. The Morgan fingerprint density at radius 2 is 1.60 bits per heavy atom. The van der Waals surface area contributed by atoms with Crippen molar-refractivity contribution in [1.82, 2.24) is 14.8 Å². The van der Waals surface area contributed by atoms with Crippen molar-refractivity contribution in [2.45, 2.75) is 57.4 Å². The lowest BCUT2D eigenvalue weighted by molar-refractivity contribution is -0.00568.